The first kappa shape index (κ1) is 33.0. The Kier molecular flexibility index (Phi) is 12.5. The molecule has 5 aromatic carbocycles. The number of amides is 2. The summed E-state index contributed by atoms with van der Waals surface area (Å²) < 4.78 is 9.38. The van der Waals surface area contributed by atoms with E-state index in [0.717, 1.165) is 34.6 Å². The molecule has 0 aromatic heterocycles. The highest BCUT2D eigenvalue weighted by Crippen LogP contribution is 2.18. The van der Waals surface area contributed by atoms with Crippen molar-refractivity contribution >= 4 is 29.3 Å². The molecule has 0 aliphatic carbocycles. The zero-order chi connectivity index (χ0) is 32.6. The number of para-hydroxylation sites is 2. The number of hydrogen-bond donors (Lipinski definition) is 2. The number of nitrogens with one attached hydrogen (secondary N) is 2. The van der Waals surface area contributed by atoms with Gasteiger partial charge in [0.2, 0.25) is 0 Å². The molecule has 2 amide bonds. The first-order valence-electron chi connectivity index (χ1n) is 14.7. The van der Waals surface area contributed by atoms with Crippen LogP contribution in [0.5, 0.6) is 0 Å². The van der Waals surface area contributed by atoms with Gasteiger partial charge < -0.3 is 20.1 Å². The molecule has 234 valence electrons. The van der Waals surface area contributed by atoms with Gasteiger partial charge in [0, 0.05) is 24.5 Å². The lowest BCUT2D eigenvalue weighted by molar-refractivity contribution is 0.0592. The van der Waals surface area contributed by atoms with Crippen LogP contribution in [0.2, 0.25) is 0 Å². The van der Waals surface area contributed by atoms with Gasteiger partial charge in [-0.1, -0.05) is 91.0 Å². The molecule has 2 N–H and O–H groups in total. The molecule has 0 aliphatic rings. The van der Waals surface area contributed by atoms with Crippen molar-refractivity contribution < 1.29 is 23.9 Å². The van der Waals surface area contributed by atoms with Crippen LogP contribution < -0.4 is 15.5 Å². The second kappa shape index (κ2) is 17.4. The zero-order valence-corrected chi connectivity index (χ0v) is 25.9. The van der Waals surface area contributed by atoms with Crippen LogP contribution >= 0.6 is 0 Å². The number of ether oxygens (including phenoxy) is 2. The maximum absolute atomic E-state index is 12.9. The van der Waals surface area contributed by atoms with Gasteiger partial charge in [-0.25, -0.2) is 14.4 Å². The van der Waals surface area contributed by atoms with Gasteiger partial charge in [0.25, 0.3) is 0 Å². The highest BCUT2D eigenvalue weighted by molar-refractivity contribution is 5.92. The first-order valence-corrected chi connectivity index (χ1v) is 14.7. The predicted octanol–water partition coefficient (Wildman–Crippen LogP) is 7.47. The summed E-state index contributed by atoms with van der Waals surface area (Å²) in [4.78, 5) is 37.4. The minimum Gasteiger partial charge on any atom is -0.465 e. The largest absolute Gasteiger partial charge is 0.465 e. The molecule has 0 fully saturated rings. The second-order valence-electron chi connectivity index (χ2n) is 10.2. The van der Waals surface area contributed by atoms with Crippen LogP contribution in [0.1, 0.15) is 37.4 Å². The number of rotatable bonds is 10. The predicted molar refractivity (Wildman–Crippen MR) is 181 cm³/mol. The summed E-state index contributed by atoms with van der Waals surface area (Å²) in [7, 11) is 2.73. The molecular weight excluding hydrogens is 578 g/mol. The Morgan fingerprint density at radius 1 is 0.543 bits per heavy atom. The summed E-state index contributed by atoms with van der Waals surface area (Å²) in [6, 6.07) is 43.5. The number of anilines is 2. The summed E-state index contributed by atoms with van der Waals surface area (Å²) in [5, 5.41) is 6.28. The standard InChI is InChI=1S/C23H22N2O3.C15H15NO2/c1-28-22(26)20-14-12-19(13-15-20)17-25(21-10-6-3-7-11-21)23(27)24-16-18-8-4-2-5-9-18;1-18-15(17)13-9-7-12(8-10-13)11-16-14-5-3-2-4-6-14/h2-15H,16-17H2,1H3,(H,24,27);2-10,16H,11H2,1H3. The van der Waals surface area contributed by atoms with Gasteiger partial charge >= 0.3 is 18.0 Å². The van der Waals surface area contributed by atoms with E-state index in [0.29, 0.717) is 24.2 Å². The lowest BCUT2D eigenvalue weighted by Gasteiger charge is -2.23. The van der Waals surface area contributed by atoms with E-state index in [1.165, 1.54) is 14.2 Å². The van der Waals surface area contributed by atoms with Crippen molar-refractivity contribution in [2.45, 2.75) is 19.6 Å². The van der Waals surface area contributed by atoms with Gasteiger partial charge in [0.15, 0.2) is 0 Å². The number of carbonyl (C=O) groups excluding carboxylic acids is 3. The molecule has 5 rings (SSSR count). The molecule has 46 heavy (non-hydrogen) atoms. The summed E-state index contributed by atoms with van der Waals surface area (Å²) in [6.45, 7) is 1.56. The van der Waals surface area contributed by atoms with Gasteiger partial charge in [-0.05, 0) is 65.2 Å². The Labute approximate surface area is 269 Å². The van der Waals surface area contributed by atoms with Crippen LogP contribution in [0.3, 0.4) is 0 Å². The monoisotopic (exact) mass is 615 g/mol. The van der Waals surface area contributed by atoms with Crippen molar-refractivity contribution in [3.63, 3.8) is 0 Å². The number of urea groups is 1. The lowest BCUT2D eigenvalue weighted by atomic mass is 10.1. The van der Waals surface area contributed by atoms with Crippen LogP contribution in [0.25, 0.3) is 0 Å². The molecule has 0 spiro atoms. The lowest BCUT2D eigenvalue weighted by Crippen LogP contribution is -2.39. The van der Waals surface area contributed by atoms with Crippen LogP contribution in [-0.2, 0) is 29.1 Å². The van der Waals surface area contributed by atoms with Crippen molar-refractivity contribution in [3.8, 4) is 0 Å². The maximum Gasteiger partial charge on any atom is 0.337 e. The fourth-order valence-electron chi connectivity index (χ4n) is 4.44. The number of benzene rings is 5. The van der Waals surface area contributed by atoms with E-state index in [2.05, 4.69) is 15.4 Å². The van der Waals surface area contributed by atoms with E-state index in [9.17, 15) is 14.4 Å². The molecule has 0 saturated heterocycles. The maximum atomic E-state index is 12.9. The fourth-order valence-corrected chi connectivity index (χ4v) is 4.44. The van der Waals surface area contributed by atoms with Crippen LogP contribution in [0.4, 0.5) is 16.2 Å². The third-order valence-electron chi connectivity index (χ3n) is 6.96. The molecule has 0 heterocycles. The minimum absolute atomic E-state index is 0.188. The summed E-state index contributed by atoms with van der Waals surface area (Å²) >= 11 is 0. The topological polar surface area (TPSA) is 97.0 Å². The summed E-state index contributed by atoms with van der Waals surface area (Å²) in [5.74, 6) is -0.690. The molecule has 0 aliphatic heterocycles. The molecule has 0 bridgehead atoms. The van der Waals surface area contributed by atoms with E-state index in [-0.39, 0.29) is 18.0 Å². The Hall–Kier alpha value is -5.89. The van der Waals surface area contributed by atoms with E-state index < -0.39 is 0 Å². The number of methoxy groups -OCH3 is 2. The van der Waals surface area contributed by atoms with E-state index in [4.69, 9.17) is 4.74 Å². The smallest absolute Gasteiger partial charge is 0.337 e. The molecule has 8 nitrogen and oxygen atoms in total. The first-order chi connectivity index (χ1) is 22.5. The summed E-state index contributed by atoms with van der Waals surface area (Å²) in [6.07, 6.45) is 0. The van der Waals surface area contributed by atoms with Crippen molar-refractivity contribution in [2.75, 3.05) is 24.4 Å². The van der Waals surface area contributed by atoms with Crippen LogP contribution in [-0.4, -0.2) is 32.2 Å². The Bertz CT molecular complexity index is 1660. The average molecular weight is 616 g/mol. The minimum atomic E-state index is -0.382. The van der Waals surface area contributed by atoms with Gasteiger partial charge in [0.1, 0.15) is 0 Å². The van der Waals surface area contributed by atoms with Gasteiger partial charge in [0.05, 0.1) is 31.9 Å². The van der Waals surface area contributed by atoms with Crippen molar-refractivity contribution in [1.29, 1.82) is 0 Å². The molecule has 0 saturated carbocycles. The average Bonchev–Trinajstić information content (AvgIpc) is 3.13. The zero-order valence-electron chi connectivity index (χ0n) is 25.9. The third-order valence-corrected chi connectivity index (χ3v) is 6.96. The fraction of sp³-hybridized carbons (Fsp3) is 0.132. The Morgan fingerprint density at radius 3 is 1.52 bits per heavy atom. The van der Waals surface area contributed by atoms with Crippen LogP contribution in [0, 0.1) is 0 Å². The molecular formula is C38H37N3O5. The van der Waals surface area contributed by atoms with E-state index in [1.807, 2.05) is 115 Å². The molecule has 0 radical (unpaired) electrons. The number of nitrogens with zero attached hydrogens (tertiary/aromatic N) is 1. The number of esters is 2. The summed E-state index contributed by atoms with van der Waals surface area (Å²) in [5.41, 5.74) is 5.98. The van der Waals surface area contributed by atoms with Crippen LogP contribution in [0.15, 0.2) is 140 Å². The molecule has 5 aromatic rings. The quantitative estimate of drug-likeness (QED) is 0.158. The van der Waals surface area contributed by atoms with E-state index in [1.54, 1.807) is 29.2 Å². The van der Waals surface area contributed by atoms with E-state index >= 15 is 0 Å². The Balaban J connectivity index is 0.000000230. The normalized spacial score (nSPS) is 10.0. The van der Waals surface area contributed by atoms with Gasteiger partial charge in [-0.3, -0.25) is 4.90 Å². The molecule has 0 atom stereocenters. The SMILES string of the molecule is COC(=O)c1ccc(CN(C(=O)NCc2ccccc2)c2ccccc2)cc1.COC(=O)c1ccc(CNc2ccccc2)cc1. The highest BCUT2D eigenvalue weighted by atomic mass is 16.5. The highest BCUT2D eigenvalue weighted by Gasteiger charge is 2.16. The Morgan fingerprint density at radius 2 is 1.00 bits per heavy atom. The number of hydrogen-bond acceptors (Lipinski definition) is 6. The van der Waals surface area contributed by atoms with Gasteiger partial charge in [-0.15, -0.1) is 0 Å². The van der Waals surface area contributed by atoms with Crippen molar-refractivity contribution in [2.24, 2.45) is 0 Å². The van der Waals surface area contributed by atoms with Crippen molar-refractivity contribution in [3.05, 3.63) is 167 Å². The third kappa shape index (κ3) is 10.1. The second-order valence-corrected chi connectivity index (χ2v) is 10.2. The van der Waals surface area contributed by atoms with Crippen molar-refractivity contribution in [1.82, 2.24) is 5.32 Å². The molecule has 0 unspecified atom stereocenters. The van der Waals surface area contributed by atoms with Gasteiger partial charge in [-0.2, -0.15) is 0 Å². The number of carbonyl (C=O) groups is 3. The molecule has 8 heteroatoms.